The molecular weight excluding hydrogens is 739 g/mol. The molecule has 0 bridgehead atoms. The second kappa shape index (κ2) is 14.3. The third-order valence-corrected chi connectivity index (χ3v) is 12.3. The zero-order chi connectivity index (χ0) is 40.3. The number of nitrogens with zero attached hydrogens (tertiary/aromatic N) is 3. The fourth-order valence-electron chi connectivity index (χ4n) is 9.56. The van der Waals surface area contributed by atoms with Gasteiger partial charge in [-0.1, -0.05) is 158 Å². The second-order valence-corrected chi connectivity index (χ2v) is 15.7. The molecule has 0 atom stereocenters. The lowest BCUT2D eigenvalue weighted by Crippen LogP contribution is -2.10. The fraction of sp³-hybridized carbons (Fsp3) is 0. The van der Waals surface area contributed by atoms with E-state index in [0.717, 1.165) is 34.0 Å². The van der Waals surface area contributed by atoms with Crippen LogP contribution in [0.3, 0.4) is 0 Å². The number of para-hydroxylation sites is 4. The molecular formula is C58H39N3. The zero-order valence-corrected chi connectivity index (χ0v) is 33.4. The van der Waals surface area contributed by atoms with Crippen LogP contribution >= 0.6 is 0 Å². The summed E-state index contributed by atoms with van der Waals surface area (Å²) in [6.07, 6.45) is 0. The molecule has 3 nitrogen and oxygen atoms in total. The highest BCUT2D eigenvalue weighted by molar-refractivity contribution is 6.12. The van der Waals surface area contributed by atoms with Gasteiger partial charge in [0.15, 0.2) is 0 Å². The molecule has 0 fully saturated rings. The van der Waals surface area contributed by atoms with Gasteiger partial charge in [-0.3, -0.25) is 0 Å². The molecule has 0 aliphatic carbocycles. The van der Waals surface area contributed by atoms with E-state index in [1.165, 1.54) is 71.1 Å². The van der Waals surface area contributed by atoms with Gasteiger partial charge in [0.2, 0.25) is 0 Å². The van der Waals surface area contributed by atoms with Gasteiger partial charge in [-0.05, 0) is 106 Å². The number of fused-ring (bicyclic) bond motifs is 7. The van der Waals surface area contributed by atoms with Gasteiger partial charge in [0, 0.05) is 49.9 Å². The molecule has 0 unspecified atom stereocenters. The Hall–Kier alpha value is -8.14. The van der Waals surface area contributed by atoms with Gasteiger partial charge in [-0.2, -0.15) is 0 Å². The predicted octanol–water partition coefficient (Wildman–Crippen LogP) is 15.8. The first-order valence-corrected chi connectivity index (χ1v) is 20.9. The first kappa shape index (κ1) is 34.9. The maximum absolute atomic E-state index is 2.45. The smallest absolute Gasteiger partial charge is 0.0547 e. The summed E-state index contributed by atoms with van der Waals surface area (Å²) < 4.78 is 4.83. The molecule has 12 aromatic rings. The molecule has 0 saturated carbocycles. The number of aromatic nitrogens is 2. The lowest BCUT2D eigenvalue weighted by Gasteiger charge is -2.27. The Morgan fingerprint density at radius 2 is 0.738 bits per heavy atom. The van der Waals surface area contributed by atoms with Crippen LogP contribution in [0.25, 0.3) is 88.0 Å². The number of anilines is 3. The van der Waals surface area contributed by atoms with Gasteiger partial charge in [0.1, 0.15) is 0 Å². The minimum Gasteiger partial charge on any atom is -0.310 e. The third-order valence-electron chi connectivity index (χ3n) is 12.3. The van der Waals surface area contributed by atoms with E-state index in [2.05, 4.69) is 251 Å². The molecule has 0 aliphatic heterocycles. The summed E-state index contributed by atoms with van der Waals surface area (Å²) in [6.45, 7) is 0. The monoisotopic (exact) mass is 777 g/mol. The van der Waals surface area contributed by atoms with Gasteiger partial charge in [0.05, 0.1) is 27.8 Å². The molecule has 2 heterocycles. The first-order valence-electron chi connectivity index (χ1n) is 20.9. The van der Waals surface area contributed by atoms with Crippen LogP contribution in [0.5, 0.6) is 0 Å². The van der Waals surface area contributed by atoms with Crippen molar-refractivity contribution in [3.8, 4) is 33.6 Å². The number of hydrogen-bond acceptors (Lipinski definition) is 1. The van der Waals surface area contributed by atoms with Gasteiger partial charge in [0.25, 0.3) is 0 Å². The average Bonchev–Trinajstić information content (AvgIpc) is 3.85. The summed E-state index contributed by atoms with van der Waals surface area (Å²) in [5.41, 5.74) is 15.1. The van der Waals surface area contributed by atoms with E-state index < -0.39 is 0 Å². The van der Waals surface area contributed by atoms with Crippen LogP contribution in [0.1, 0.15) is 0 Å². The predicted molar refractivity (Wildman–Crippen MR) is 258 cm³/mol. The third kappa shape index (κ3) is 5.74. The van der Waals surface area contributed by atoms with Gasteiger partial charge < -0.3 is 14.0 Å². The van der Waals surface area contributed by atoms with Gasteiger partial charge >= 0.3 is 0 Å². The van der Waals surface area contributed by atoms with Gasteiger partial charge in [-0.15, -0.1) is 0 Å². The van der Waals surface area contributed by atoms with Crippen LogP contribution in [0.2, 0.25) is 0 Å². The van der Waals surface area contributed by atoms with Gasteiger partial charge in [-0.25, -0.2) is 0 Å². The summed E-state index contributed by atoms with van der Waals surface area (Å²) >= 11 is 0. The van der Waals surface area contributed by atoms with E-state index in [-0.39, 0.29) is 0 Å². The quantitative estimate of drug-likeness (QED) is 0.157. The lowest BCUT2D eigenvalue weighted by molar-refractivity contribution is 1.17. The zero-order valence-electron chi connectivity index (χ0n) is 33.4. The Morgan fingerprint density at radius 3 is 1.33 bits per heavy atom. The largest absolute Gasteiger partial charge is 0.310 e. The summed E-state index contributed by atoms with van der Waals surface area (Å²) in [6, 6.07) is 86.0. The van der Waals surface area contributed by atoms with Crippen molar-refractivity contribution in [2.75, 3.05) is 4.90 Å². The molecule has 0 amide bonds. The van der Waals surface area contributed by atoms with E-state index in [4.69, 9.17) is 0 Å². The summed E-state index contributed by atoms with van der Waals surface area (Å²) in [4.78, 5) is 2.39. The van der Waals surface area contributed by atoms with E-state index in [1.807, 2.05) is 0 Å². The van der Waals surface area contributed by atoms with Crippen molar-refractivity contribution in [1.29, 1.82) is 0 Å². The highest BCUT2D eigenvalue weighted by atomic mass is 15.1. The van der Waals surface area contributed by atoms with Crippen LogP contribution in [-0.4, -0.2) is 9.13 Å². The molecule has 2 aromatic heterocycles. The SMILES string of the molecule is c1ccc(-c2ccc(N(c3ccc(-n4c5ccccc5c5ccccc54)cc3)c3cccc(-c4c(-n5c6ccccc6c6ccccc65)ccc5ccccc45)c3)cc2)cc1. The van der Waals surface area contributed by atoms with Crippen molar-refractivity contribution in [3.05, 3.63) is 237 Å². The van der Waals surface area contributed by atoms with Crippen LogP contribution in [-0.2, 0) is 0 Å². The molecule has 286 valence electrons. The number of hydrogen-bond donors (Lipinski definition) is 0. The standard InChI is InChI=1S/C58H39N3/c1-2-15-40(16-3-1)41-29-32-44(33-30-41)59(45-34-36-46(37-35-45)60-53-25-10-6-21-49(53)50-22-7-11-26-54(50)60)47-19-14-18-43(39-47)58-48-20-5-4-17-42(48)31-38-57(58)61-55-27-12-8-23-51(55)52-24-9-13-28-56(52)61/h1-39H. The summed E-state index contributed by atoms with van der Waals surface area (Å²) in [5, 5.41) is 7.44. The molecule has 61 heavy (non-hydrogen) atoms. The van der Waals surface area contributed by atoms with Crippen molar-refractivity contribution in [2.45, 2.75) is 0 Å². The van der Waals surface area contributed by atoms with E-state index in [1.54, 1.807) is 0 Å². The average molecular weight is 778 g/mol. The van der Waals surface area contributed by atoms with Crippen molar-refractivity contribution < 1.29 is 0 Å². The van der Waals surface area contributed by atoms with E-state index in [0.29, 0.717) is 0 Å². The molecule has 0 spiro atoms. The molecule has 0 aliphatic rings. The minimum atomic E-state index is 1.08. The van der Waals surface area contributed by atoms with Crippen LogP contribution in [0.15, 0.2) is 237 Å². The van der Waals surface area contributed by atoms with E-state index >= 15 is 0 Å². The van der Waals surface area contributed by atoms with Crippen molar-refractivity contribution >= 4 is 71.4 Å². The summed E-state index contributed by atoms with van der Waals surface area (Å²) in [7, 11) is 0. The molecule has 0 radical (unpaired) electrons. The highest BCUT2D eigenvalue weighted by Gasteiger charge is 2.20. The van der Waals surface area contributed by atoms with Crippen LogP contribution in [0, 0.1) is 0 Å². The number of rotatable bonds is 7. The lowest BCUT2D eigenvalue weighted by atomic mass is 9.95. The Labute approximate surface area is 354 Å². The molecule has 10 aromatic carbocycles. The maximum Gasteiger partial charge on any atom is 0.0547 e. The molecule has 0 saturated heterocycles. The van der Waals surface area contributed by atoms with Crippen molar-refractivity contribution in [3.63, 3.8) is 0 Å². The van der Waals surface area contributed by atoms with Crippen molar-refractivity contribution in [2.24, 2.45) is 0 Å². The minimum absolute atomic E-state index is 1.08. The Morgan fingerprint density at radius 1 is 0.279 bits per heavy atom. The maximum atomic E-state index is 2.45. The fourth-order valence-corrected chi connectivity index (χ4v) is 9.56. The van der Waals surface area contributed by atoms with Crippen LogP contribution in [0.4, 0.5) is 17.1 Å². The van der Waals surface area contributed by atoms with Crippen molar-refractivity contribution in [1.82, 2.24) is 9.13 Å². The topological polar surface area (TPSA) is 13.1 Å². The Kier molecular flexibility index (Phi) is 8.17. The number of benzene rings is 10. The highest BCUT2D eigenvalue weighted by Crippen LogP contribution is 2.43. The van der Waals surface area contributed by atoms with Crippen LogP contribution < -0.4 is 4.90 Å². The molecule has 0 N–H and O–H groups in total. The van der Waals surface area contributed by atoms with E-state index in [9.17, 15) is 0 Å². The molecule has 12 rings (SSSR count). The summed E-state index contributed by atoms with van der Waals surface area (Å²) in [5.74, 6) is 0. The Bertz CT molecular complexity index is 3470. The Balaban J connectivity index is 1.05. The molecule has 3 heteroatoms. The first-order chi connectivity index (χ1) is 30.3. The normalized spacial score (nSPS) is 11.6. The second-order valence-electron chi connectivity index (χ2n) is 15.7.